The average molecular weight is 306 g/mol. The Morgan fingerprint density at radius 1 is 1.41 bits per heavy atom. The van der Waals surface area contributed by atoms with E-state index in [0.29, 0.717) is 19.1 Å². The van der Waals surface area contributed by atoms with Gasteiger partial charge in [0.15, 0.2) is 0 Å². The largest absolute Gasteiger partial charge is 0.491 e. The molecule has 1 aliphatic heterocycles. The van der Waals surface area contributed by atoms with Crippen molar-refractivity contribution in [3.63, 3.8) is 0 Å². The van der Waals surface area contributed by atoms with E-state index in [4.69, 9.17) is 10.5 Å². The van der Waals surface area contributed by atoms with E-state index in [1.165, 1.54) is 5.56 Å². The zero-order valence-corrected chi connectivity index (χ0v) is 13.4. The number of nitrogens with zero attached hydrogens (tertiary/aromatic N) is 1. The average Bonchev–Trinajstić information content (AvgIpc) is 2.48. The van der Waals surface area contributed by atoms with E-state index in [1.54, 1.807) is 0 Å². The van der Waals surface area contributed by atoms with Crippen molar-refractivity contribution in [1.29, 1.82) is 0 Å². The number of ether oxygens (including phenoxy) is 1. The quantitative estimate of drug-likeness (QED) is 0.831. The lowest BCUT2D eigenvalue weighted by atomic mass is 9.93. The van der Waals surface area contributed by atoms with Crippen LogP contribution in [0.15, 0.2) is 24.3 Å². The Morgan fingerprint density at radius 2 is 2.09 bits per heavy atom. The summed E-state index contributed by atoms with van der Waals surface area (Å²) in [5.74, 6) is 0.398. The van der Waals surface area contributed by atoms with Crippen molar-refractivity contribution in [2.45, 2.75) is 38.8 Å². The van der Waals surface area contributed by atoms with Crippen LogP contribution in [0, 0.1) is 12.8 Å². The third-order valence-corrected chi connectivity index (χ3v) is 4.32. The Hall–Kier alpha value is -1.59. The minimum absolute atomic E-state index is 0.110. The summed E-state index contributed by atoms with van der Waals surface area (Å²) < 4.78 is 5.61. The summed E-state index contributed by atoms with van der Waals surface area (Å²) in [6.07, 6.45) is 1.18. The van der Waals surface area contributed by atoms with Crippen LogP contribution in [0.5, 0.6) is 5.75 Å². The number of rotatable bonds is 6. The molecule has 1 aromatic carbocycles. The lowest BCUT2D eigenvalue weighted by molar-refractivity contribution is -0.124. The normalized spacial score (nSPS) is 24.0. The Bertz CT molecular complexity index is 489. The van der Waals surface area contributed by atoms with Crippen LogP contribution < -0.4 is 10.5 Å². The molecule has 0 bridgehead atoms. The summed E-state index contributed by atoms with van der Waals surface area (Å²) in [6.45, 7) is 5.50. The SMILES string of the molecule is Cc1ccc(OCC(O)CN2CC(C(N)=O)CCC2C)cc1. The second-order valence-corrected chi connectivity index (χ2v) is 6.26. The number of aryl methyl sites for hydroxylation is 1. The van der Waals surface area contributed by atoms with Gasteiger partial charge in [0.2, 0.25) is 5.91 Å². The number of carbonyl (C=O) groups excluding carboxylic acids is 1. The first-order valence-corrected chi connectivity index (χ1v) is 7.86. The number of aliphatic hydroxyl groups excluding tert-OH is 1. The Balaban J connectivity index is 1.81. The van der Waals surface area contributed by atoms with Gasteiger partial charge in [-0.2, -0.15) is 0 Å². The van der Waals surface area contributed by atoms with Gasteiger partial charge in [-0.25, -0.2) is 0 Å². The number of piperidine rings is 1. The van der Waals surface area contributed by atoms with Crippen molar-refractivity contribution in [3.8, 4) is 5.75 Å². The fourth-order valence-corrected chi connectivity index (χ4v) is 2.82. The minimum atomic E-state index is -0.588. The molecule has 1 saturated heterocycles. The van der Waals surface area contributed by atoms with E-state index in [-0.39, 0.29) is 18.4 Å². The first-order valence-electron chi connectivity index (χ1n) is 7.86. The van der Waals surface area contributed by atoms with Crippen molar-refractivity contribution in [2.24, 2.45) is 11.7 Å². The highest BCUT2D eigenvalue weighted by atomic mass is 16.5. The van der Waals surface area contributed by atoms with E-state index < -0.39 is 6.10 Å². The van der Waals surface area contributed by atoms with Crippen LogP contribution in [0.4, 0.5) is 0 Å². The topological polar surface area (TPSA) is 75.8 Å². The van der Waals surface area contributed by atoms with Gasteiger partial charge in [0.1, 0.15) is 18.5 Å². The molecule has 1 aromatic rings. The van der Waals surface area contributed by atoms with Gasteiger partial charge in [0, 0.05) is 19.1 Å². The van der Waals surface area contributed by atoms with Crippen molar-refractivity contribution >= 4 is 5.91 Å². The molecule has 0 saturated carbocycles. The lowest BCUT2D eigenvalue weighted by Gasteiger charge is -2.37. The molecule has 1 aliphatic rings. The van der Waals surface area contributed by atoms with Crippen molar-refractivity contribution in [3.05, 3.63) is 29.8 Å². The standard InChI is InChI=1S/C17H26N2O3/c1-12-3-7-16(8-4-12)22-11-15(20)10-19-9-14(17(18)21)6-5-13(19)2/h3-4,7-8,13-15,20H,5-6,9-11H2,1-2H3,(H2,18,21). The van der Waals surface area contributed by atoms with Gasteiger partial charge in [-0.05, 0) is 38.8 Å². The highest BCUT2D eigenvalue weighted by molar-refractivity contribution is 5.76. The number of nitrogens with two attached hydrogens (primary N) is 1. The fourth-order valence-electron chi connectivity index (χ4n) is 2.82. The van der Waals surface area contributed by atoms with Crippen LogP contribution in [-0.2, 0) is 4.79 Å². The summed E-state index contributed by atoms with van der Waals surface area (Å²) in [4.78, 5) is 13.5. The molecule has 5 heteroatoms. The Labute approximate surface area is 132 Å². The minimum Gasteiger partial charge on any atom is -0.491 e. The monoisotopic (exact) mass is 306 g/mol. The third kappa shape index (κ3) is 4.71. The van der Waals surface area contributed by atoms with E-state index in [0.717, 1.165) is 18.6 Å². The zero-order valence-electron chi connectivity index (χ0n) is 13.4. The molecule has 22 heavy (non-hydrogen) atoms. The van der Waals surface area contributed by atoms with Crippen LogP contribution in [0.1, 0.15) is 25.3 Å². The zero-order chi connectivity index (χ0) is 16.1. The summed E-state index contributed by atoms with van der Waals surface area (Å²) in [7, 11) is 0. The molecular weight excluding hydrogens is 280 g/mol. The van der Waals surface area contributed by atoms with E-state index in [1.807, 2.05) is 31.2 Å². The van der Waals surface area contributed by atoms with Crippen molar-refractivity contribution in [1.82, 2.24) is 4.90 Å². The molecule has 5 nitrogen and oxygen atoms in total. The van der Waals surface area contributed by atoms with Crippen molar-refractivity contribution < 1.29 is 14.6 Å². The van der Waals surface area contributed by atoms with Crippen LogP contribution in [-0.4, -0.2) is 47.8 Å². The van der Waals surface area contributed by atoms with E-state index >= 15 is 0 Å². The van der Waals surface area contributed by atoms with Crippen molar-refractivity contribution in [2.75, 3.05) is 19.7 Å². The molecule has 1 fully saturated rings. The maximum absolute atomic E-state index is 11.3. The predicted octanol–water partition coefficient (Wildman–Crippen LogP) is 1.32. The van der Waals surface area contributed by atoms with Gasteiger partial charge in [0.05, 0.1) is 5.92 Å². The van der Waals surface area contributed by atoms with Gasteiger partial charge in [-0.15, -0.1) is 0 Å². The summed E-state index contributed by atoms with van der Waals surface area (Å²) >= 11 is 0. The number of amides is 1. The molecule has 3 N–H and O–H groups in total. The molecule has 0 radical (unpaired) electrons. The molecular formula is C17H26N2O3. The van der Waals surface area contributed by atoms with Crippen LogP contribution in [0.25, 0.3) is 0 Å². The number of aliphatic hydroxyl groups is 1. The van der Waals surface area contributed by atoms with Gasteiger partial charge in [-0.3, -0.25) is 9.69 Å². The van der Waals surface area contributed by atoms with Crippen LogP contribution >= 0.6 is 0 Å². The van der Waals surface area contributed by atoms with E-state index in [9.17, 15) is 9.90 Å². The molecule has 3 unspecified atom stereocenters. The van der Waals surface area contributed by atoms with Gasteiger partial charge in [-0.1, -0.05) is 17.7 Å². The molecule has 3 atom stereocenters. The molecule has 1 heterocycles. The maximum Gasteiger partial charge on any atom is 0.221 e. The number of benzene rings is 1. The third-order valence-electron chi connectivity index (χ3n) is 4.32. The number of carbonyl (C=O) groups is 1. The number of primary amides is 1. The van der Waals surface area contributed by atoms with Crippen LogP contribution in [0.3, 0.4) is 0 Å². The highest BCUT2D eigenvalue weighted by Crippen LogP contribution is 2.22. The molecule has 0 aliphatic carbocycles. The number of likely N-dealkylation sites (tertiary alicyclic amines) is 1. The number of hydrogen-bond donors (Lipinski definition) is 2. The molecule has 1 amide bonds. The summed E-state index contributed by atoms with van der Waals surface area (Å²) in [5.41, 5.74) is 6.57. The number of β-amino-alcohol motifs (C(OH)–C–C–N with tert-alkyl or cyclic N) is 1. The predicted molar refractivity (Wildman–Crippen MR) is 85.6 cm³/mol. The van der Waals surface area contributed by atoms with Gasteiger partial charge in [0.25, 0.3) is 0 Å². The second-order valence-electron chi connectivity index (χ2n) is 6.26. The lowest BCUT2D eigenvalue weighted by Crippen LogP contribution is -2.49. The first-order chi connectivity index (χ1) is 10.5. The highest BCUT2D eigenvalue weighted by Gasteiger charge is 2.29. The Kier molecular flexibility index (Phi) is 5.80. The molecule has 0 aromatic heterocycles. The number of hydrogen-bond acceptors (Lipinski definition) is 4. The van der Waals surface area contributed by atoms with Crippen LogP contribution in [0.2, 0.25) is 0 Å². The first kappa shape index (κ1) is 16.8. The fraction of sp³-hybridized carbons (Fsp3) is 0.588. The summed E-state index contributed by atoms with van der Waals surface area (Å²) in [5, 5.41) is 10.2. The molecule has 122 valence electrons. The summed E-state index contributed by atoms with van der Waals surface area (Å²) in [6, 6.07) is 8.10. The van der Waals surface area contributed by atoms with Gasteiger partial charge >= 0.3 is 0 Å². The van der Waals surface area contributed by atoms with Gasteiger partial charge < -0.3 is 15.6 Å². The second kappa shape index (κ2) is 7.61. The molecule has 0 spiro atoms. The Morgan fingerprint density at radius 3 is 2.73 bits per heavy atom. The smallest absolute Gasteiger partial charge is 0.221 e. The molecule has 2 rings (SSSR count). The van der Waals surface area contributed by atoms with E-state index in [2.05, 4.69) is 11.8 Å². The maximum atomic E-state index is 11.3.